The molecular weight excluding hydrogens is 376 g/mol. The molecule has 2 rings (SSSR count). The van der Waals surface area contributed by atoms with Gasteiger partial charge in [0.05, 0.1) is 26.7 Å². The van der Waals surface area contributed by atoms with E-state index >= 15 is 0 Å². The lowest BCUT2D eigenvalue weighted by Gasteiger charge is -2.27. The van der Waals surface area contributed by atoms with Gasteiger partial charge in [-0.2, -0.15) is 5.26 Å². The summed E-state index contributed by atoms with van der Waals surface area (Å²) in [4.78, 5) is 13.2. The van der Waals surface area contributed by atoms with Gasteiger partial charge >= 0.3 is 5.97 Å². The van der Waals surface area contributed by atoms with Crippen LogP contribution in [0.3, 0.4) is 0 Å². The highest BCUT2D eigenvalue weighted by Crippen LogP contribution is 2.20. The first kappa shape index (κ1) is 22.0. The van der Waals surface area contributed by atoms with Gasteiger partial charge in [0.25, 0.3) is 6.41 Å². The standard InChI is InChI=1S/C21H24N2O6/c1-26-17-8-10-19(11-9-17)29-21(25)23(15-20(24)27-2)14-16-4-6-18(7-5-16)28-13-3-12-22/h4-11,21,25H,3,13-15H2,1-2H3. The molecule has 0 fully saturated rings. The molecular formula is C21H24N2O6. The van der Waals surface area contributed by atoms with Gasteiger partial charge < -0.3 is 24.1 Å². The highest BCUT2D eigenvalue weighted by molar-refractivity contribution is 5.71. The van der Waals surface area contributed by atoms with Crippen LogP contribution in [0.5, 0.6) is 17.2 Å². The summed E-state index contributed by atoms with van der Waals surface area (Å²) in [6.07, 6.45) is -1.06. The lowest BCUT2D eigenvalue weighted by molar-refractivity contribution is -0.163. The quantitative estimate of drug-likeness (QED) is 0.348. The zero-order valence-corrected chi connectivity index (χ0v) is 16.4. The number of aliphatic hydroxyl groups excluding tert-OH is 1. The van der Waals surface area contributed by atoms with Crippen molar-refractivity contribution in [3.05, 3.63) is 54.1 Å². The number of aliphatic hydroxyl groups is 1. The van der Waals surface area contributed by atoms with Gasteiger partial charge in [-0.1, -0.05) is 12.1 Å². The third-order valence-electron chi connectivity index (χ3n) is 3.96. The second-order valence-electron chi connectivity index (χ2n) is 6.00. The van der Waals surface area contributed by atoms with Crippen LogP contribution in [-0.4, -0.2) is 49.8 Å². The summed E-state index contributed by atoms with van der Waals surface area (Å²) in [5.74, 6) is 1.22. The Morgan fingerprint density at radius 3 is 2.28 bits per heavy atom. The molecule has 29 heavy (non-hydrogen) atoms. The minimum atomic E-state index is -1.37. The van der Waals surface area contributed by atoms with Crippen LogP contribution in [0.1, 0.15) is 12.0 Å². The molecule has 0 radical (unpaired) electrons. The molecule has 0 aliphatic heterocycles. The average Bonchev–Trinajstić information content (AvgIpc) is 2.75. The van der Waals surface area contributed by atoms with Crippen LogP contribution in [0, 0.1) is 11.3 Å². The van der Waals surface area contributed by atoms with E-state index in [0.29, 0.717) is 30.3 Å². The van der Waals surface area contributed by atoms with E-state index in [1.54, 1.807) is 43.5 Å². The van der Waals surface area contributed by atoms with Crippen LogP contribution in [0.4, 0.5) is 0 Å². The number of esters is 1. The summed E-state index contributed by atoms with van der Waals surface area (Å²) in [7, 11) is 2.84. The molecule has 0 bridgehead atoms. The smallest absolute Gasteiger partial charge is 0.320 e. The van der Waals surface area contributed by atoms with Crippen molar-refractivity contribution in [3.8, 4) is 23.3 Å². The first-order valence-electron chi connectivity index (χ1n) is 8.94. The third-order valence-corrected chi connectivity index (χ3v) is 3.96. The van der Waals surface area contributed by atoms with Crippen molar-refractivity contribution in [2.45, 2.75) is 19.4 Å². The summed E-state index contributed by atoms with van der Waals surface area (Å²) in [5.41, 5.74) is 0.832. The van der Waals surface area contributed by atoms with Crippen LogP contribution in [0.15, 0.2) is 48.5 Å². The minimum Gasteiger partial charge on any atom is -0.497 e. The Balaban J connectivity index is 2.04. The van der Waals surface area contributed by atoms with Crippen LogP contribution in [0.25, 0.3) is 0 Å². The number of benzene rings is 2. The molecule has 2 aromatic carbocycles. The number of rotatable bonds is 11. The van der Waals surface area contributed by atoms with Gasteiger partial charge in [0, 0.05) is 6.54 Å². The van der Waals surface area contributed by atoms with E-state index < -0.39 is 12.4 Å². The van der Waals surface area contributed by atoms with Crippen molar-refractivity contribution in [1.82, 2.24) is 4.90 Å². The second kappa shape index (κ2) is 11.5. The molecule has 0 saturated heterocycles. The van der Waals surface area contributed by atoms with E-state index in [1.807, 2.05) is 18.2 Å². The predicted molar refractivity (Wildman–Crippen MR) is 104 cm³/mol. The lowest BCUT2D eigenvalue weighted by atomic mass is 10.2. The first-order chi connectivity index (χ1) is 14.0. The van der Waals surface area contributed by atoms with Crippen molar-refractivity contribution in [3.63, 3.8) is 0 Å². The van der Waals surface area contributed by atoms with Crippen molar-refractivity contribution < 1.29 is 28.8 Å². The van der Waals surface area contributed by atoms with Crippen LogP contribution in [-0.2, 0) is 16.1 Å². The number of carbonyl (C=O) groups excluding carboxylic acids is 1. The SMILES string of the molecule is COC(=O)CN(Cc1ccc(OCCC#N)cc1)C(O)Oc1ccc(OC)cc1. The van der Waals surface area contributed by atoms with Crippen molar-refractivity contribution >= 4 is 5.97 Å². The Hall–Kier alpha value is -3.28. The Morgan fingerprint density at radius 2 is 1.69 bits per heavy atom. The molecule has 0 saturated carbocycles. The van der Waals surface area contributed by atoms with Crippen LogP contribution < -0.4 is 14.2 Å². The average molecular weight is 400 g/mol. The molecule has 0 aliphatic carbocycles. The third kappa shape index (κ3) is 7.33. The summed E-state index contributed by atoms with van der Waals surface area (Å²) in [6, 6.07) is 15.9. The van der Waals surface area contributed by atoms with Crippen molar-refractivity contribution in [2.24, 2.45) is 0 Å². The molecule has 0 aliphatic rings. The van der Waals surface area contributed by atoms with Gasteiger partial charge in [-0.25, -0.2) is 4.90 Å². The molecule has 154 valence electrons. The normalized spacial score (nSPS) is 11.4. The Morgan fingerprint density at radius 1 is 1.07 bits per heavy atom. The molecule has 8 nitrogen and oxygen atoms in total. The first-order valence-corrected chi connectivity index (χ1v) is 8.94. The number of nitriles is 1. The zero-order chi connectivity index (χ0) is 21.1. The molecule has 0 spiro atoms. The van der Waals surface area contributed by atoms with E-state index in [2.05, 4.69) is 0 Å². The molecule has 1 atom stereocenters. The molecule has 1 N–H and O–H groups in total. The highest BCUT2D eigenvalue weighted by atomic mass is 16.6. The molecule has 8 heteroatoms. The Bertz CT molecular complexity index is 801. The highest BCUT2D eigenvalue weighted by Gasteiger charge is 2.21. The summed E-state index contributed by atoms with van der Waals surface area (Å²) >= 11 is 0. The number of nitrogens with zero attached hydrogens (tertiary/aromatic N) is 2. The van der Waals surface area contributed by atoms with Gasteiger partial charge in [-0.3, -0.25) is 4.79 Å². The van der Waals surface area contributed by atoms with Crippen molar-refractivity contribution in [1.29, 1.82) is 5.26 Å². The molecule has 0 aromatic heterocycles. The minimum absolute atomic E-state index is 0.158. The molecule has 0 amide bonds. The van der Waals surface area contributed by atoms with E-state index in [9.17, 15) is 9.90 Å². The van der Waals surface area contributed by atoms with Gasteiger partial charge in [0.15, 0.2) is 0 Å². The van der Waals surface area contributed by atoms with E-state index in [-0.39, 0.29) is 13.1 Å². The Kier molecular flexibility index (Phi) is 8.76. The number of ether oxygens (including phenoxy) is 4. The number of hydrogen-bond acceptors (Lipinski definition) is 8. The van der Waals surface area contributed by atoms with Gasteiger partial charge in [0.2, 0.25) is 0 Å². The fourth-order valence-electron chi connectivity index (χ4n) is 2.43. The number of hydrogen-bond donors (Lipinski definition) is 1. The van der Waals surface area contributed by atoms with E-state index in [1.165, 1.54) is 12.0 Å². The summed E-state index contributed by atoms with van der Waals surface area (Å²) < 4.78 is 20.8. The number of methoxy groups -OCH3 is 2. The fraction of sp³-hybridized carbons (Fsp3) is 0.333. The maximum Gasteiger partial charge on any atom is 0.320 e. The van der Waals surface area contributed by atoms with E-state index in [0.717, 1.165) is 5.56 Å². The molecule has 2 aromatic rings. The van der Waals surface area contributed by atoms with E-state index in [4.69, 9.17) is 24.2 Å². The Labute approximate surface area is 169 Å². The lowest BCUT2D eigenvalue weighted by Crippen LogP contribution is -2.42. The van der Waals surface area contributed by atoms with Gasteiger partial charge in [0.1, 0.15) is 30.4 Å². The summed E-state index contributed by atoms with van der Waals surface area (Å²) in [6.45, 7) is 0.401. The molecule has 1 unspecified atom stereocenters. The second-order valence-corrected chi connectivity index (χ2v) is 6.00. The van der Waals surface area contributed by atoms with Gasteiger partial charge in [-0.05, 0) is 42.0 Å². The van der Waals surface area contributed by atoms with Gasteiger partial charge in [-0.15, -0.1) is 0 Å². The number of carbonyl (C=O) groups is 1. The fourth-order valence-corrected chi connectivity index (χ4v) is 2.43. The van der Waals surface area contributed by atoms with Crippen LogP contribution in [0.2, 0.25) is 0 Å². The van der Waals surface area contributed by atoms with Crippen LogP contribution >= 0.6 is 0 Å². The maximum atomic E-state index is 11.8. The summed E-state index contributed by atoms with van der Waals surface area (Å²) in [5, 5.41) is 19.1. The van der Waals surface area contributed by atoms with Crippen molar-refractivity contribution in [2.75, 3.05) is 27.4 Å². The topological polar surface area (TPSA) is 101 Å². The monoisotopic (exact) mass is 400 g/mol. The molecule has 0 heterocycles. The largest absolute Gasteiger partial charge is 0.497 e. The predicted octanol–water partition coefficient (Wildman–Crippen LogP) is 2.32. The zero-order valence-electron chi connectivity index (χ0n) is 16.4. The maximum absolute atomic E-state index is 11.8.